The van der Waals surface area contributed by atoms with E-state index in [1.165, 1.54) is 10.3 Å². The van der Waals surface area contributed by atoms with Crippen molar-refractivity contribution in [3.8, 4) is 28.3 Å². The molecular weight excluding hydrogens is 677 g/mol. The molecule has 4 aromatic heterocycles. The van der Waals surface area contributed by atoms with E-state index < -0.39 is 0 Å². The number of thioether (sulfide) groups is 1. The minimum absolute atomic E-state index is 0.148. The highest BCUT2D eigenvalue weighted by molar-refractivity contribution is 7.98. The summed E-state index contributed by atoms with van der Waals surface area (Å²) >= 11 is 6.95. The third-order valence-corrected chi connectivity index (χ3v) is 9.56. The quantitative estimate of drug-likeness (QED) is 0.0907. The normalized spacial score (nSPS) is 11.7. The molecule has 0 spiro atoms. The van der Waals surface area contributed by atoms with Gasteiger partial charge in [-0.25, -0.2) is 9.97 Å². The second-order valence-electron chi connectivity index (χ2n) is 14.1. The number of hydrogen-bond acceptors (Lipinski definition) is 9. The lowest BCUT2D eigenvalue weighted by Gasteiger charge is -2.19. The van der Waals surface area contributed by atoms with E-state index in [0.29, 0.717) is 12.0 Å². The van der Waals surface area contributed by atoms with Crippen LogP contribution in [0.3, 0.4) is 0 Å². The maximum absolute atomic E-state index is 11.3. The zero-order valence-corrected chi connectivity index (χ0v) is 31.4. The molecule has 0 saturated carbocycles. The number of carbonyl (C=O) groups is 1. The zero-order chi connectivity index (χ0) is 36.3. The van der Waals surface area contributed by atoms with Crippen molar-refractivity contribution in [1.29, 1.82) is 0 Å². The first-order valence-electron chi connectivity index (χ1n) is 16.6. The molecule has 7 aromatic rings. The van der Waals surface area contributed by atoms with Gasteiger partial charge in [0.2, 0.25) is 16.2 Å². The Hall–Kier alpha value is -5.06. The predicted molar refractivity (Wildman–Crippen MR) is 208 cm³/mol. The Kier molecular flexibility index (Phi) is 10.3. The molecule has 0 saturated heterocycles. The summed E-state index contributed by atoms with van der Waals surface area (Å²) in [4.78, 5) is 20.9. The van der Waals surface area contributed by atoms with Crippen molar-refractivity contribution < 1.29 is 18.6 Å². The van der Waals surface area contributed by atoms with E-state index in [1.54, 1.807) is 18.9 Å². The van der Waals surface area contributed by atoms with Crippen LogP contribution in [-0.4, -0.2) is 33.4 Å². The Balaban J connectivity index is 0.000000183. The standard InChI is InChI=1S/C24H24N2O2S.C17H16N2O2S/c1-24(2,3)22-21(20-14-11-17-7-5-6-8-19(17)25-20)23(28-26-22)29-15-16-9-12-18(27-4)13-10-16;1-17(2,3)15-14(16(22)21-19(15)10-20)13-9-8-11-6-4-5-7-12(11)18-13/h5-14H,15H2,1-4H3;4-10H,1-3H3. The molecule has 51 heavy (non-hydrogen) atoms. The summed E-state index contributed by atoms with van der Waals surface area (Å²) < 4.78 is 17.9. The number of pyridine rings is 2. The Labute approximate surface area is 306 Å². The summed E-state index contributed by atoms with van der Waals surface area (Å²) in [6.07, 6.45) is 0.640. The van der Waals surface area contributed by atoms with Crippen molar-refractivity contribution in [2.75, 3.05) is 7.11 Å². The van der Waals surface area contributed by atoms with E-state index in [9.17, 15) is 4.79 Å². The number of para-hydroxylation sites is 2. The molecule has 0 N–H and O–H groups in total. The van der Waals surface area contributed by atoms with Gasteiger partial charge in [-0.3, -0.25) is 4.79 Å². The first-order chi connectivity index (χ1) is 24.4. The van der Waals surface area contributed by atoms with Crippen LogP contribution < -0.4 is 4.74 Å². The average Bonchev–Trinajstić information content (AvgIpc) is 3.72. The van der Waals surface area contributed by atoms with Gasteiger partial charge in [0.15, 0.2) is 0 Å². The number of benzene rings is 3. The third kappa shape index (κ3) is 7.82. The lowest BCUT2D eigenvalue weighted by Crippen LogP contribution is -2.18. The van der Waals surface area contributed by atoms with Crippen LogP contribution in [-0.2, 0) is 21.4 Å². The number of methoxy groups -OCH3 is 1. The van der Waals surface area contributed by atoms with Gasteiger partial charge in [0.1, 0.15) is 5.75 Å². The first kappa shape index (κ1) is 35.8. The summed E-state index contributed by atoms with van der Waals surface area (Å²) in [5.74, 6) is 1.64. The van der Waals surface area contributed by atoms with Gasteiger partial charge >= 0.3 is 0 Å². The van der Waals surface area contributed by atoms with E-state index in [4.69, 9.17) is 31.0 Å². The number of aromatic nitrogens is 4. The molecule has 0 aliphatic carbocycles. The van der Waals surface area contributed by atoms with Crippen molar-refractivity contribution in [2.45, 2.75) is 63.2 Å². The van der Waals surface area contributed by atoms with Gasteiger partial charge in [-0.2, -0.15) is 0 Å². The molecule has 0 amide bonds. The van der Waals surface area contributed by atoms with E-state index in [1.807, 2.05) is 87.5 Å². The molecule has 0 aliphatic heterocycles. The summed E-state index contributed by atoms with van der Waals surface area (Å²) in [5.41, 5.74) is 7.57. The van der Waals surface area contributed by atoms with Crippen LogP contribution in [0, 0.1) is 4.71 Å². The van der Waals surface area contributed by atoms with Crippen LogP contribution in [0.15, 0.2) is 111 Å². The molecule has 8 nitrogen and oxygen atoms in total. The first-order valence-corrected chi connectivity index (χ1v) is 18.0. The van der Waals surface area contributed by atoms with Crippen molar-refractivity contribution >= 4 is 52.2 Å². The summed E-state index contributed by atoms with van der Waals surface area (Å²) in [6, 6.07) is 32.2. The van der Waals surface area contributed by atoms with Gasteiger partial charge in [0, 0.05) is 27.4 Å². The molecule has 3 aromatic carbocycles. The summed E-state index contributed by atoms with van der Waals surface area (Å²) in [7, 11) is 1.68. The molecule has 0 atom stereocenters. The van der Waals surface area contributed by atoms with Gasteiger partial charge in [0.25, 0.3) is 0 Å². The van der Waals surface area contributed by atoms with Gasteiger partial charge in [-0.15, -0.1) is 4.74 Å². The molecule has 0 aliphatic rings. The fraction of sp³-hybridized carbons (Fsp3) is 0.244. The molecule has 7 rings (SSSR count). The van der Waals surface area contributed by atoms with Gasteiger partial charge < -0.3 is 13.8 Å². The smallest absolute Gasteiger partial charge is 0.247 e. The molecule has 0 fully saturated rings. The molecule has 0 bridgehead atoms. The number of nitrogens with zero attached hydrogens (tertiary/aromatic N) is 4. The fourth-order valence-electron chi connectivity index (χ4n) is 5.79. The van der Waals surface area contributed by atoms with E-state index in [-0.39, 0.29) is 15.5 Å². The van der Waals surface area contributed by atoms with Crippen LogP contribution in [0.1, 0.15) is 58.5 Å². The monoisotopic (exact) mass is 716 g/mol. The number of ether oxygens (including phenoxy) is 1. The minimum atomic E-state index is -0.301. The Morgan fingerprint density at radius 3 is 1.86 bits per heavy atom. The topological polar surface area (TPSA) is 96.2 Å². The van der Waals surface area contributed by atoms with E-state index in [2.05, 4.69) is 61.2 Å². The van der Waals surface area contributed by atoms with E-state index >= 15 is 0 Å². The average molecular weight is 717 g/mol. The maximum atomic E-state index is 11.3. The number of hydrogen-bond donors (Lipinski definition) is 0. The van der Waals surface area contributed by atoms with Crippen molar-refractivity contribution in [1.82, 2.24) is 19.9 Å². The Bertz CT molecular complexity index is 2380. The minimum Gasteiger partial charge on any atom is -0.497 e. The van der Waals surface area contributed by atoms with Gasteiger partial charge in [-0.05, 0) is 54.2 Å². The van der Waals surface area contributed by atoms with Crippen molar-refractivity contribution in [3.63, 3.8) is 0 Å². The fourth-order valence-corrected chi connectivity index (χ4v) is 6.99. The Morgan fingerprint density at radius 2 is 1.33 bits per heavy atom. The van der Waals surface area contributed by atoms with Crippen LogP contribution in [0.5, 0.6) is 5.75 Å². The lowest BCUT2D eigenvalue weighted by atomic mass is 9.88. The van der Waals surface area contributed by atoms with Crippen LogP contribution in [0.2, 0.25) is 0 Å². The molecule has 260 valence electrons. The largest absolute Gasteiger partial charge is 0.497 e. The second-order valence-corrected chi connectivity index (χ2v) is 15.5. The van der Waals surface area contributed by atoms with Crippen molar-refractivity contribution in [3.05, 3.63) is 119 Å². The highest BCUT2D eigenvalue weighted by atomic mass is 32.2. The number of fused-ring (bicyclic) bond motifs is 2. The van der Waals surface area contributed by atoms with Crippen LogP contribution >= 0.6 is 24.0 Å². The highest BCUT2D eigenvalue weighted by Gasteiger charge is 2.29. The maximum Gasteiger partial charge on any atom is 0.247 e. The molecule has 10 heteroatoms. The molecule has 4 heterocycles. The van der Waals surface area contributed by atoms with Crippen molar-refractivity contribution in [2.24, 2.45) is 0 Å². The molecule has 0 unspecified atom stereocenters. The third-order valence-electron chi connectivity index (χ3n) is 8.26. The predicted octanol–water partition coefficient (Wildman–Crippen LogP) is 10.8. The number of carbonyl (C=O) groups excluding carboxylic acids is 1. The van der Waals surface area contributed by atoms with Gasteiger partial charge in [0.05, 0.1) is 52.0 Å². The van der Waals surface area contributed by atoms with Gasteiger partial charge in [-0.1, -0.05) is 119 Å². The van der Waals surface area contributed by atoms with Crippen LogP contribution in [0.4, 0.5) is 0 Å². The summed E-state index contributed by atoms with van der Waals surface area (Å²) in [6.45, 7) is 12.5. The van der Waals surface area contributed by atoms with E-state index in [0.717, 1.165) is 66.7 Å². The molecular formula is C41H40N4O4S2. The second kappa shape index (κ2) is 14.7. The SMILES string of the molecule is CC(C)(C)c1c(-c2ccc3ccccc3n2)c(=S)on1C=O.COc1ccc(CSc2onc(C(C)(C)C)c2-c2ccc3ccccc3n2)cc1. The zero-order valence-electron chi connectivity index (χ0n) is 29.8. The van der Waals surface area contributed by atoms with Crippen LogP contribution in [0.25, 0.3) is 44.3 Å². The lowest BCUT2D eigenvalue weighted by molar-refractivity contribution is 0.318. The highest BCUT2D eigenvalue weighted by Crippen LogP contribution is 2.40. The molecule has 0 radical (unpaired) electrons. The summed E-state index contributed by atoms with van der Waals surface area (Å²) in [5, 5.41) is 7.41. The Morgan fingerprint density at radius 1 is 0.765 bits per heavy atom. The number of rotatable bonds is 7.